The molecule has 0 aromatic carbocycles. The number of amides is 2. The number of nitrogens with zero attached hydrogens (tertiary/aromatic N) is 1. The third-order valence-corrected chi connectivity index (χ3v) is 6.27. The fourth-order valence-electron chi connectivity index (χ4n) is 2.81. The lowest BCUT2D eigenvalue weighted by atomic mass is 9.99. The Morgan fingerprint density at radius 3 is 2.62 bits per heavy atom. The van der Waals surface area contributed by atoms with Crippen molar-refractivity contribution in [2.75, 3.05) is 18.1 Å². The lowest BCUT2D eigenvalue weighted by Gasteiger charge is -2.27. The van der Waals surface area contributed by atoms with E-state index in [9.17, 15) is 18.0 Å². The lowest BCUT2D eigenvalue weighted by molar-refractivity contribution is -0.130. The third kappa shape index (κ3) is 3.75. The van der Waals surface area contributed by atoms with Gasteiger partial charge in [-0.05, 0) is 26.7 Å². The Morgan fingerprint density at radius 2 is 2.10 bits per heavy atom. The molecule has 120 valence electrons. The van der Waals surface area contributed by atoms with Crippen molar-refractivity contribution >= 4 is 21.7 Å². The van der Waals surface area contributed by atoms with Crippen LogP contribution < -0.4 is 5.32 Å². The summed E-state index contributed by atoms with van der Waals surface area (Å²) in [6.45, 7) is 6.23. The number of hydrogen-bond acceptors (Lipinski definition) is 4. The first-order valence-corrected chi connectivity index (χ1v) is 9.27. The monoisotopic (exact) mass is 316 g/mol. The Morgan fingerprint density at radius 1 is 1.43 bits per heavy atom. The Bertz CT molecular complexity index is 541. The van der Waals surface area contributed by atoms with E-state index in [-0.39, 0.29) is 47.2 Å². The summed E-state index contributed by atoms with van der Waals surface area (Å²) in [4.78, 5) is 25.9. The molecule has 2 aliphatic heterocycles. The largest absolute Gasteiger partial charge is 0.351 e. The maximum Gasteiger partial charge on any atom is 0.225 e. The molecule has 0 saturated carbocycles. The van der Waals surface area contributed by atoms with Gasteiger partial charge in [-0.25, -0.2) is 8.42 Å². The molecule has 21 heavy (non-hydrogen) atoms. The van der Waals surface area contributed by atoms with Gasteiger partial charge in [0.2, 0.25) is 11.8 Å². The van der Waals surface area contributed by atoms with Crippen molar-refractivity contribution in [3.63, 3.8) is 0 Å². The summed E-state index contributed by atoms with van der Waals surface area (Å²) in [5.74, 6) is -0.411. The van der Waals surface area contributed by atoms with E-state index < -0.39 is 9.84 Å². The van der Waals surface area contributed by atoms with E-state index in [0.717, 1.165) is 6.42 Å². The zero-order valence-corrected chi connectivity index (χ0v) is 13.7. The molecular weight excluding hydrogens is 292 g/mol. The summed E-state index contributed by atoms with van der Waals surface area (Å²) >= 11 is 0. The van der Waals surface area contributed by atoms with Crippen LogP contribution in [0.25, 0.3) is 0 Å². The second-order valence-corrected chi connectivity index (χ2v) is 8.96. The summed E-state index contributed by atoms with van der Waals surface area (Å²) in [5, 5.41) is 2.96. The standard InChI is InChI=1S/C14H24N2O4S/c1-4-14(2,3)15-13(18)10-7-12(17)16(8-10)11-5-6-21(19,20)9-11/h10-11H,4-9H2,1-3H3,(H,15,18)/t10-,11-/m0/s1. The van der Waals surface area contributed by atoms with Crippen LogP contribution in [0.3, 0.4) is 0 Å². The van der Waals surface area contributed by atoms with Gasteiger partial charge in [-0.1, -0.05) is 6.92 Å². The Kier molecular flexibility index (Phi) is 4.33. The number of hydrogen-bond donors (Lipinski definition) is 1. The highest BCUT2D eigenvalue weighted by Gasteiger charge is 2.42. The number of carbonyl (C=O) groups excluding carboxylic acids is 2. The minimum absolute atomic E-state index is 0.0353. The number of carbonyl (C=O) groups is 2. The first kappa shape index (κ1) is 16.3. The molecule has 1 N–H and O–H groups in total. The van der Waals surface area contributed by atoms with Crippen LogP contribution in [-0.2, 0) is 19.4 Å². The molecule has 0 spiro atoms. The van der Waals surface area contributed by atoms with Gasteiger partial charge in [0.1, 0.15) is 0 Å². The van der Waals surface area contributed by atoms with E-state index in [1.54, 1.807) is 4.90 Å². The second-order valence-electron chi connectivity index (χ2n) is 6.73. The van der Waals surface area contributed by atoms with E-state index in [4.69, 9.17) is 0 Å². The molecule has 0 bridgehead atoms. The van der Waals surface area contributed by atoms with Crippen LogP contribution in [0.15, 0.2) is 0 Å². The molecule has 6 nitrogen and oxygen atoms in total. The number of nitrogens with one attached hydrogen (secondary N) is 1. The van der Waals surface area contributed by atoms with Gasteiger partial charge in [-0.2, -0.15) is 0 Å². The van der Waals surface area contributed by atoms with Crippen LogP contribution in [0.2, 0.25) is 0 Å². The Hall–Kier alpha value is -1.11. The number of sulfone groups is 1. The number of likely N-dealkylation sites (tertiary alicyclic amines) is 1. The fourth-order valence-corrected chi connectivity index (χ4v) is 4.54. The quantitative estimate of drug-likeness (QED) is 0.810. The van der Waals surface area contributed by atoms with Gasteiger partial charge < -0.3 is 10.2 Å². The van der Waals surface area contributed by atoms with Crippen molar-refractivity contribution in [2.24, 2.45) is 5.92 Å². The van der Waals surface area contributed by atoms with Gasteiger partial charge in [0, 0.05) is 24.5 Å². The van der Waals surface area contributed by atoms with Gasteiger partial charge in [-0.15, -0.1) is 0 Å². The highest BCUT2D eigenvalue weighted by atomic mass is 32.2. The van der Waals surface area contributed by atoms with Crippen molar-refractivity contribution in [3.05, 3.63) is 0 Å². The Balaban J connectivity index is 1.98. The third-order valence-electron chi connectivity index (χ3n) is 4.52. The van der Waals surface area contributed by atoms with Crippen molar-refractivity contribution in [2.45, 2.75) is 51.6 Å². The van der Waals surface area contributed by atoms with E-state index in [1.165, 1.54) is 0 Å². The SMILES string of the molecule is CCC(C)(C)NC(=O)[C@H]1CC(=O)N([C@H]2CCS(=O)(=O)C2)C1. The molecule has 0 aromatic heterocycles. The summed E-state index contributed by atoms with van der Waals surface area (Å²) in [5.41, 5.74) is -0.287. The van der Waals surface area contributed by atoms with Crippen LogP contribution in [-0.4, -0.2) is 54.8 Å². The van der Waals surface area contributed by atoms with Crippen molar-refractivity contribution in [1.82, 2.24) is 10.2 Å². The maximum absolute atomic E-state index is 12.2. The van der Waals surface area contributed by atoms with Crippen LogP contribution in [0.1, 0.15) is 40.0 Å². The van der Waals surface area contributed by atoms with Crippen LogP contribution in [0, 0.1) is 5.92 Å². The van der Waals surface area contributed by atoms with Gasteiger partial charge in [-0.3, -0.25) is 9.59 Å². The van der Waals surface area contributed by atoms with E-state index in [1.807, 2.05) is 20.8 Å². The molecule has 2 saturated heterocycles. The van der Waals surface area contributed by atoms with Gasteiger partial charge in [0.15, 0.2) is 9.84 Å². The molecule has 2 aliphatic rings. The van der Waals surface area contributed by atoms with Crippen molar-refractivity contribution in [3.8, 4) is 0 Å². The Labute approximate surface area is 126 Å². The molecule has 2 fully saturated rings. The van der Waals surface area contributed by atoms with E-state index >= 15 is 0 Å². The molecule has 0 aromatic rings. The predicted octanol–water partition coefficient (Wildman–Crippen LogP) is 0.327. The average molecular weight is 316 g/mol. The molecule has 0 aliphatic carbocycles. The van der Waals surface area contributed by atoms with Gasteiger partial charge >= 0.3 is 0 Å². The first-order valence-electron chi connectivity index (χ1n) is 7.45. The van der Waals surface area contributed by atoms with Gasteiger partial charge in [0.25, 0.3) is 0 Å². The first-order chi connectivity index (χ1) is 9.63. The number of rotatable bonds is 4. The van der Waals surface area contributed by atoms with E-state index in [2.05, 4.69) is 5.32 Å². The topological polar surface area (TPSA) is 83.6 Å². The lowest BCUT2D eigenvalue weighted by Crippen LogP contribution is -2.46. The van der Waals surface area contributed by atoms with Crippen LogP contribution >= 0.6 is 0 Å². The maximum atomic E-state index is 12.2. The van der Waals surface area contributed by atoms with Crippen LogP contribution in [0.5, 0.6) is 0 Å². The zero-order valence-electron chi connectivity index (χ0n) is 12.9. The molecular formula is C14H24N2O4S. The predicted molar refractivity (Wildman–Crippen MR) is 79.4 cm³/mol. The fraction of sp³-hybridized carbons (Fsp3) is 0.857. The van der Waals surface area contributed by atoms with Crippen molar-refractivity contribution in [1.29, 1.82) is 0 Å². The van der Waals surface area contributed by atoms with Gasteiger partial charge in [0.05, 0.1) is 17.4 Å². The summed E-state index contributed by atoms with van der Waals surface area (Å²) < 4.78 is 23.1. The minimum Gasteiger partial charge on any atom is -0.351 e. The smallest absolute Gasteiger partial charge is 0.225 e. The highest BCUT2D eigenvalue weighted by molar-refractivity contribution is 7.91. The normalized spacial score (nSPS) is 28.9. The summed E-state index contributed by atoms with van der Waals surface area (Å²) in [7, 11) is -3.02. The molecule has 0 unspecified atom stereocenters. The molecule has 7 heteroatoms. The zero-order chi connectivity index (χ0) is 15.8. The van der Waals surface area contributed by atoms with Crippen LogP contribution in [0.4, 0.5) is 0 Å². The minimum atomic E-state index is -3.02. The van der Waals surface area contributed by atoms with Crippen molar-refractivity contribution < 1.29 is 18.0 Å². The highest BCUT2D eigenvalue weighted by Crippen LogP contribution is 2.26. The molecule has 2 atom stereocenters. The van der Waals surface area contributed by atoms with E-state index in [0.29, 0.717) is 13.0 Å². The molecule has 2 rings (SSSR count). The summed E-state index contributed by atoms with van der Waals surface area (Å²) in [6, 6.07) is -0.250. The molecule has 0 radical (unpaired) electrons. The second kappa shape index (κ2) is 5.59. The molecule has 2 amide bonds. The summed E-state index contributed by atoms with van der Waals surface area (Å²) in [6.07, 6.45) is 1.48. The average Bonchev–Trinajstić information content (AvgIpc) is 2.92. The molecule has 2 heterocycles.